The number of amides is 4. The average molecular weight is 387 g/mol. The van der Waals surface area contributed by atoms with Gasteiger partial charge in [-0.25, -0.2) is 4.79 Å². The topological polar surface area (TPSA) is 103 Å². The number of hydrogen-bond donors (Lipinski definition) is 4. The fourth-order valence-electron chi connectivity index (χ4n) is 3.88. The molecule has 0 unspecified atom stereocenters. The van der Waals surface area contributed by atoms with Gasteiger partial charge in [0.1, 0.15) is 0 Å². The van der Waals surface area contributed by atoms with Gasteiger partial charge in [-0.1, -0.05) is 18.2 Å². The maximum absolute atomic E-state index is 12.2. The molecule has 3 atom stereocenters. The predicted octanol–water partition coefficient (Wildman–Crippen LogP) is 1.05. The molecular formula is C20H29N5O3. The van der Waals surface area contributed by atoms with Gasteiger partial charge in [0.15, 0.2) is 0 Å². The summed E-state index contributed by atoms with van der Waals surface area (Å²) in [6.45, 7) is 4.95. The van der Waals surface area contributed by atoms with Gasteiger partial charge in [-0.2, -0.15) is 0 Å². The Labute approximate surface area is 165 Å². The molecule has 4 amide bonds. The van der Waals surface area contributed by atoms with Crippen molar-refractivity contribution < 1.29 is 14.4 Å². The van der Waals surface area contributed by atoms with Crippen molar-refractivity contribution in [1.82, 2.24) is 20.9 Å². The van der Waals surface area contributed by atoms with Gasteiger partial charge in [0, 0.05) is 43.3 Å². The second-order valence-corrected chi connectivity index (χ2v) is 7.77. The monoisotopic (exact) mass is 387 g/mol. The highest BCUT2D eigenvalue weighted by Crippen LogP contribution is 2.26. The molecule has 0 aliphatic carbocycles. The van der Waals surface area contributed by atoms with E-state index in [-0.39, 0.29) is 42.0 Å². The number of hydrogen-bond acceptors (Lipinski definition) is 4. The summed E-state index contributed by atoms with van der Waals surface area (Å²) in [4.78, 5) is 38.6. The van der Waals surface area contributed by atoms with Crippen LogP contribution in [0.25, 0.3) is 0 Å². The molecular weight excluding hydrogens is 358 g/mol. The van der Waals surface area contributed by atoms with E-state index < -0.39 is 0 Å². The largest absolute Gasteiger partial charge is 0.353 e. The lowest BCUT2D eigenvalue weighted by Crippen LogP contribution is -2.58. The van der Waals surface area contributed by atoms with Crippen LogP contribution < -0.4 is 21.3 Å². The van der Waals surface area contributed by atoms with Crippen LogP contribution in [0.15, 0.2) is 30.3 Å². The Bertz CT molecular complexity index is 709. The third-order valence-electron chi connectivity index (χ3n) is 5.14. The molecule has 4 N–H and O–H groups in total. The summed E-state index contributed by atoms with van der Waals surface area (Å²) in [5.41, 5.74) is 0.781. The highest BCUT2D eigenvalue weighted by Gasteiger charge is 2.43. The molecule has 28 heavy (non-hydrogen) atoms. The molecule has 1 aromatic carbocycles. The Morgan fingerprint density at radius 2 is 2.00 bits per heavy atom. The van der Waals surface area contributed by atoms with Crippen LogP contribution in [0.4, 0.5) is 10.5 Å². The van der Waals surface area contributed by atoms with E-state index in [2.05, 4.69) is 26.2 Å². The zero-order valence-corrected chi connectivity index (χ0v) is 16.4. The van der Waals surface area contributed by atoms with E-state index in [4.69, 9.17) is 0 Å². The summed E-state index contributed by atoms with van der Waals surface area (Å²) in [6.07, 6.45) is 1.62. The number of para-hydroxylation sites is 1. The lowest BCUT2D eigenvalue weighted by atomic mass is 10.0. The van der Waals surface area contributed by atoms with Gasteiger partial charge in [-0.05, 0) is 38.8 Å². The molecule has 0 radical (unpaired) electrons. The minimum atomic E-state index is -0.250. The summed E-state index contributed by atoms with van der Waals surface area (Å²) >= 11 is 0. The minimum absolute atomic E-state index is 0.00134. The number of urea groups is 1. The third kappa shape index (κ3) is 5.22. The van der Waals surface area contributed by atoms with Crippen molar-refractivity contribution >= 4 is 23.5 Å². The number of carbonyl (C=O) groups is 3. The molecule has 2 aliphatic rings. The number of rotatable bonds is 6. The lowest BCUT2D eigenvalue weighted by molar-refractivity contribution is -0.129. The van der Waals surface area contributed by atoms with E-state index in [0.717, 1.165) is 5.69 Å². The van der Waals surface area contributed by atoms with Gasteiger partial charge in [-0.3, -0.25) is 14.5 Å². The molecule has 0 bridgehead atoms. The van der Waals surface area contributed by atoms with E-state index in [1.165, 1.54) is 0 Å². The number of piperazine rings is 1. The fraction of sp³-hybridized carbons (Fsp3) is 0.550. The zero-order valence-electron chi connectivity index (χ0n) is 16.4. The van der Waals surface area contributed by atoms with Gasteiger partial charge in [0.25, 0.3) is 0 Å². The van der Waals surface area contributed by atoms with E-state index in [0.29, 0.717) is 32.4 Å². The number of nitrogens with one attached hydrogen (secondary N) is 4. The quantitative estimate of drug-likeness (QED) is 0.586. The second kappa shape index (κ2) is 9.05. The Balaban J connectivity index is 1.52. The molecule has 8 nitrogen and oxygen atoms in total. The molecule has 0 spiro atoms. The Kier molecular flexibility index (Phi) is 6.51. The zero-order chi connectivity index (χ0) is 20.1. The third-order valence-corrected chi connectivity index (χ3v) is 5.14. The molecule has 0 saturated carbocycles. The van der Waals surface area contributed by atoms with Gasteiger partial charge in [0.05, 0.1) is 6.04 Å². The standard InChI is InChI=1S/C20H29N5O3/c1-13(2)22-20(28)24-15-10-17-19(27)21-11-16(25(17)12-15)8-9-18(26)23-14-6-4-3-5-7-14/h3-7,13,15-17H,8-12H2,1-2H3,(H,21,27)(H,23,26)(H2,22,24,28)/t15-,16+,17-/m0/s1. The van der Waals surface area contributed by atoms with Gasteiger partial charge in [-0.15, -0.1) is 0 Å². The summed E-state index contributed by atoms with van der Waals surface area (Å²) in [6, 6.07) is 8.98. The number of fused-ring (bicyclic) bond motifs is 1. The minimum Gasteiger partial charge on any atom is -0.353 e. The SMILES string of the molecule is CC(C)NC(=O)N[C@H]1C[C@H]2C(=O)NC[C@@H](CCC(=O)Nc3ccccc3)N2C1. The molecule has 3 rings (SSSR count). The molecule has 0 aromatic heterocycles. The van der Waals surface area contributed by atoms with Crippen LogP contribution in [-0.4, -0.2) is 60.0 Å². The molecule has 152 valence electrons. The second-order valence-electron chi connectivity index (χ2n) is 7.77. The van der Waals surface area contributed by atoms with Gasteiger partial charge >= 0.3 is 6.03 Å². The summed E-state index contributed by atoms with van der Waals surface area (Å²) in [5, 5.41) is 11.6. The number of carbonyl (C=O) groups excluding carboxylic acids is 3. The summed E-state index contributed by atoms with van der Waals surface area (Å²) in [7, 11) is 0. The maximum atomic E-state index is 12.2. The van der Waals surface area contributed by atoms with E-state index in [9.17, 15) is 14.4 Å². The highest BCUT2D eigenvalue weighted by atomic mass is 16.2. The molecule has 2 fully saturated rings. The van der Waals surface area contributed by atoms with Crippen LogP contribution in [0, 0.1) is 0 Å². The first-order valence-corrected chi connectivity index (χ1v) is 9.87. The lowest BCUT2D eigenvalue weighted by Gasteiger charge is -2.37. The van der Waals surface area contributed by atoms with Crippen molar-refractivity contribution in [3.63, 3.8) is 0 Å². The average Bonchev–Trinajstić information content (AvgIpc) is 3.06. The first kappa shape index (κ1) is 20.1. The maximum Gasteiger partial charge on any atom is 0.315 e. The summed E-state index contributed by atoms with van der Waals surface area (Å²) < 4.78 is 0. The Hall–Kier alpha value is -2.61. The summed E-state index contributed by atoms with van der Waals surface area (Å²) in [5.74, 6) is -0.0385. The van der Waals surface area contributed by atoms with E-state index in [1.807, 2.05) is 44.2 Å². The van der Waals surface area contributed by atoms with Crippen molar-refractivity contribution in [3.8, 4) is 0 Å². The van der Waals surface area contributed by atoms with Crippen molar-refractivity contribution in [2.45, 2.75) is 57.3 Å². The van der Waals surface area contributed by atoms with Crippen molar-refractivity contribution in [3.05, 3.63) is 30.3 Å². The highest BCUT2D eigenvalue weighted by molar-refractivity contribution is 5.90. The normalized spacial score (nSPS) is 24.4. The predicted molar refractivity (Wildman–Crippen MR) is 107 cm³/mol. The Morgan fingerprint density at radius 1 is 1.25 bits per heavy atom. The van der Waals surface area contributed by atoms with Crippen LogP contribution in [0.2, 0.25) is 0 Å². The molecule has 2 heterocycles. The van der Waals surface area contributed by atoms with Crippen LogP contribution in [0.5, 0.6) is 0 Å². The van der Waals surface area contributed by atoms with Crippen molar-refractivity contribution in [2.24, 2.45) is 0 Å². The van der Waals surface area contributed by atoms with E-state index >= 15 is 0 Å². The van der Waals surface area contributed by atoms with Crippen LogP contribution in [-0.2, 0) is 9.59 Å². The van der Waals surface area contributed by atoms with Gasteiger partial charge in [0.2, 0.25) is 11.8 Å². The smallest absolute Gasteiger partial charge is 0.315 e. The Morgan fingerprint density at radius 3 is 2.71 bits per heavy atom. The van der Waals surface area contributed by atoms with Crippen LogP contribution in [0.3, 0.4) is 0 Å². The van der Waals surface area contributed by atoms with Crippen molar-refractivity contribution in [1.29, 1.82) is 0 Å². The number of anilines is 1. The molecule has 2 saturated heterocycles. The fourth-order valence-corrected chi connectivity index (χ4v) is 3.88. The first-order chi connectivity index (χ1) is 13.4. The molecule has 1 aromatic rings. The van der Waals surface area contributed by atoms with Gasteiger partial charge < -0.3 is 21.3 Å². The first-order valence-electron chi connectivity index (χ1n) is 9.87. The number of nitrogens with zero attached hydrogens (tertiary/aromatic N) is 1. The molecule has 2 aliphatic heterocycles. The van der Waals surface area contributed by atoms with Crippen LogP contribution in [0.1, 0.15) is 33.1 Å². The number of benzene rings is 1. The van der Waals surface area contributed by atoms with Crippen molar-refractivity contribution in [2.75, 3.05) is 18.4 Å². The van der Waals surface area contributed by atoms with E-state index in [1.54, 1.807) is 0 Å². The molecule has 8 heteroatoms. The van der Waals surface area contributed by atoms with Crippen LogP contribution >= 0.6 is 0 Å².